The summed E-state index contributed by atoms with van der Waals surface area (Å²) >= 11 is 0. The van der Waals surface area contributed by atoms with Gasteiger partial charge in [-0.05, 0) is 44.5 Å². The Morgan fingerprint density at radius 1 is 1.35 bits per heavy atom. The number of hydrogen-bond donors (Lipinski definition) is 2. The van der Waals surface area contributed by atoms with Gasteiger partial charge >= 0.3 is 0 Å². The maximum Gasteiger partial charge on any atom is 0.255 e. The Kier molecular flexibility index (Phi) is 3.74. The van der Waals surface area contributed by atoms with Crippen LogP contribution >= 0.6 is 0 Å². The highest BCUT2D eigenvalue weighted by molar-refractivity contribution is 6.05. The molecule has 106 valence electrons. The molecule has 1 aliphatic heterocycles. The Hall–Kier alpha value is -1.81. The van der Waals surface area contributed by atoms with E-state index < -0.39 is 0 Å². The Bertz CT molecular complexity index is 597. The van der Waals surface area contributed by atoms with E-state index in [1.54, 1.807) is 0 Å². The molecule has 1 fully saturated rings. The molecule has 0 radical (unpaired) electrons. The largest absolute Gasteiger partial charge is 0.361 e. The molecule has 1 aromatic heterocycles. The number of carbonyl (C=O) groups excluding carboxylic acids is 1. The number of nitrogens with zero attached hydrogens (tertiary/aromatic N) is 1. The molecular weight excluding hydrogens is 250 g/mol. The fourth-order valence-corrected chi connectivity index (χ4v) is 3.06. The highest BCUT2D eigenvalue weighted by Crippen LogP contribution is 2.22. The van der Waals surface area contributed by atoms with Gasteiger partial charge in [-0.25, -0.2) is 0 Å². The summed E-state index contributed by atoms with van der Waals surface area (Å²) in [6.45, 7) is 2.78. The molecule has 0 saturated carbocycles. The Balaban J connectivity index is 1.75. The monoisotopic (exact) mass is 271 g/mol. The minimum absolute atomic E-state index is 0.154. The average Bonchev–Trinajstić information content (AvgIpc) is 2.96. The maximum atomic E-state index is 12.7. The lowest BCUT2D eigenvalue weighted by atomic mass is 9.96. The van der Waals surface area contributed by atoms with Crippen LogP contribution in [0.3, 0.4) is 0 Å². The van der Waals surface area contributed by atoms with E-state index in [-0.39, 0.29) is 5.91 Å². The van der Waals surface area contributed by atoms with Crippen LogP contribution in [0.5, 0.6) is 0 Å². The fourth-order valence-electron chi connectivity index (χ4n) is 3.06. The topological polar surface area (TPSA) is 48.1 Å². The van der Waals surface area contributed by atoms with Gasteiger partial charge in [0.15, 0.2) is 0 Å². The molecule has 0 spiro atoms. The van der Waals surface area contributed by atoms with E-state index in [1.165, 1.54) is 0 Å². The summed E-state index contributed by atoms with van der Waals surface area (Å²) in [7, 11) is 1.99. The van der Waals surface area contributed by atoms with E-state index in [9.17, 15) is 4.79 Å². The summed E-state index contributed by atoms with van der Waals surface area (Å²) in [6, 6.07) is 7.91. The molecule has 1 aromatic carbocycles. The molecule has 0 atom stereocenters. The molecule has 2 aromatic rings. The van der Waals surface area contributed by atoms with Crippen molar-refractivity contribution in [1.29, 1.82) is 0 Å². The number of piperidine rings is 1. The van der Waals surface area contributed by atoms with Crippen LogP contribution in [-0.2, 0) is 0 Å². The molecule has 1 aliphatic rings. The molecule has 2 heterocycles. The lowest BCUT2D eigenvalue weighted by Crippen LogP contribution is -2.40. The van der Waals surface area contributed by atoms with E-state index in [0.717, 1.165) is 48.9 Å². The first-order valence-electron chi connectivity index (χ1n) is 7.29. The van der Waals surface area contributed by atoms with E-state index in [0.29, 0.717) is 5.92 Å². The second kappa shape index (κ2) is 5.67. The summed E-state index contributed by atoms with van der Waals surface area (Å²) < 4.78 is 0. The van der Waals surface area contributed by atoms with Crippen LogP contribution in [0.2, 0.25) is 0 Å². The number of hydrogen-bond acceptors (Lipinski definition) is 2. The molecule has 0 bridgehead atoms. The van der Waals surface area contributed by atoms with Crippen molar-refractivity contribution in [1.82, 2.24) is 15.2 Å². The number of amides is 1. The van der Waals surface area contributed by atoms with Gasteiger partial charge in [0.25, 0.3) is 5.91 Å². The molecule has 20 heavy (non-hydrogen) atoms. The van der Waals surface area contributed by atoms with Crippen molar-refractivity contribution in [2.75, 3.05) is 26.7 Å². The smallest absolute Gasteiger partial charge is 0.255 e. The quantitative estimate of drug-likeness (QED) is 0.899. The number of likely N-dealkylation sites (tertiary alicyclic amines) is 1. The van der Waals surface area contributed by atoms with Gasteiger partial charge in [0.2, 0.25) is 0 Å². The van der Waals surface area contributed by atoms with Crippen LogP contribution in [0.15, 0.2) is 30.5 Å². The zero-order chi connectivity index (χ0) is 13.9. The van der Waals surface area contributed by atoms with Crippen molar-refractivity contribution in [3.8, 4) is 0 Å². The van der Waals surface area contributed by atoms with Crippen molar-refractivity contribution >= 4 is 16.8 Å². The molecule has 2 N–H and O–H groups in total. The summed E-state index contributed by atoms with van der Waals surface area (Å²) in [4.78, 5) is 17.8. The number of benzene rings is 1. The van der Waals surface area contributed by atoms with Gasteiger partial charge in [-0.1, -0.05) is 12.1 Å². The van der Waals surface area contributed by atoms with Gasteiger partial charge in [-0.3, -0.25) is 4.79 Å². The second-order valence-corrected chi connectivity index (χ2v) is 5.54. The van der Waals surface area contributed by atoms with Crippen molar-refractivity contribution in [2.24, 2.45) is 5.92 Å². The summed E-state index contributed by atoms with van der Waals surface area (Å²) in [5, 5.41) is 4.32. The van der Waals surface area contributed by atoms with Gasteiger partial charge in [-0.15, -0.1) is 0 Å². The van der Waals surface area contributed by atoms with Crippen LogP contribution in [0.1, 0.15) is 23.2 Å². The molecule has 1 saturated heterocycles. The van der Waals surface area contributed by atoms with Gasteiger partial charge in [0, 0.05) is 24.7 Å². The van der Waals surface area contributed by atoms with E-state index >= 15 is 0 Å². The summed E-state index contributed by atoms with van der Waals surface area (Å²) in [6.07, 6.45) is 4.07. The van der Waals surface area contributed by atoms with Crippen molar-refractivity contribution in [2.45, 2.75) is 12.8 Å². The number of carbonyl (C=O) groups is 1. The molecule has 3 rings (SSSR count). The summed E-state index contributed by atoms with van der Waals surface area (Å²) in [5.74, 6) is 0.853. The standard InChI is InChI=1S/C16H21N3O/c1-17-11-12-6-9-19(10-7-12)16(20)14-4-2-3-13-5-8-18-15(13)14/h2-5,8,12,17-18H,6-7,9-11H2,1H3. The van der Waals surface area contributed by atoms with Crippen LogP contribution in [0.4, 0.5) is 0 Å². The highest BCUT2D eigenvalue weighted by atomic mass is 16.2. The molecule has 0 unspecified atom stereocenters. The zero-order valence-electron chi connectivity index (χ0n) is 11.9. The predicted molar refractivity (Wildman–Crippen MR) is 80.9 cm³/mol. The Morgan fingerprint density at radius 3 is 2.90 bits per heavy atom. The van der Waals surface area contributed by atoms with E-state index in [4.69, 9.17) is 0 Å². The lowest BCUT2D eigenvalue weighted by Gasteiger charge is -2.32. The van der Waals surface area contributed by atoms with Gasteiger partial charge in [0.1, 0.15) is 0 Å². The molecule has 4 heteroatoms. The number of para-hydroxylation sites is 1. The number of aromatic nitrogens is 1. The second-order valence-electron chi connectivity index (χ2n) is 5.54. The van der Waals surface area contributed by atoms with Gasteiger partial charge in [-0.2, -0.15) is 0 Å². The molecular formula is C16H21N3O. The molecule has 4 nitrogen and oxygen atoms in total. The SMILES string of the molecule is CNCC1CCN(C(=O)c2cccc3cc[nH]c23)CC1. The highest BCUT2D eigenvalue weighted by Gasteiger charge is 2.24. The van der Waals surface area contributed by atoms with Gasteiger partial charge in [0.05, 0.1) is 11.1 Å². The molecule has 1 amide bonds. The number of fused-ring (bicyclic) bond motifs is 1. The van der Waals surface area contributed by atoms with Gasteiger partial charge < -0.3 is 15.2 Å². The minimum atomic E-state index is 0.154. The zero-order valence-corrected chi connectivity index (χ0v) is 11.9. The number of H-pyrrole nitrogens is 1. The third kappa shape index (κ3) is 2.43. The number of aromatic amines is 1. The van der Waals surface area contributed by atoms with E-state index in [2.05, 4.69) is 10.3 Å². The first-order chi connectivity index (χ1) is 9.79. The maximum absolute atomic E-state index is 12.7. The first-order valence-corrected chi connectivity index (χ1v) is 7.29. The minimum Gasteiger partial charge on any atom is -0.361 e. The normalized spacial score (nSPS) is 16.8. The van der Waals surface area contributed by atoms with Crippen LogP contribution < -0.4 is 5.32 Å². The predicted octanol–water partition coefficient (Wildman–Crippen LogP) is 2.24. The summed E-state index contributed by atoms with van der Waals surface area (Å²) in [5.41, 5.74) is 1.74. The third-order valence-electron chi connectivity index (χ3n) is 4.21. The molecule has 0 aliphatic carbocycles. The van der Waals surface area contributed by atoms with Crippen LogP contribution in [0.25, 0.3) is 10.9 Å². The Labute approximate surface area is 119 Å². The first kappa shape index (κ1) is 13.2. The lowest BCUT2D eigenvalue weighted by molar-refractivity contribution is 0.0693. The number of rotatable bonds is 3. The fraction of sp³-hybridized carbons (Fsp3) is 0.438. The van der Waals surface area contributed by atoms with Crippen molar-refractivity contribution in [3.63, 3.8) is 0 Å². The number of nitrogens with one attached hydrogen (secondary N) is 2. The van der Waals surface area contributed by atoms with Crippen LogP contribution in [-0.4, -0.2) is 42.5 Å². The Morgan fingerprint density at radius 2 is 2.15 bits per heavy atom. The van der Waals surface area contributed by atoms with Crippen molar-refractivity contribution < 1.29 is 4.79 Å². The van der Waals surface area contributed by atoms with Crippen LogP contribution in [0, 0.1) is 5.92 Å². The van der Waals surface area contributed by atoms with Crippen molar-refractivity contribution in [3.05, 3.63) is 36.0 Å². The third-order valence-corrected chi connectivity index (χ3v) is 4.21. The van der Waals surface area contributed by atoms with E-state index in [1.807, 2.05) is 42.4 Å². The average molecular weight is 271 g/mol.